The first kappa shape index (κ1) is 21.6. The number of hydrogen-bond donors (Lipinski definition) is 0. The topological polar surface area (TPSA) is 47.4 Å². The van der Waals surface area contributed by atoms with Crippen LogP contribution >= 0.6 is 23.4 Å². The second-order valence-electron chi connectivity index (χ2n) is 7.75. The molecule has 7 heteroatoms. The summed E-state index contributed by atoms with van der Waals surface area (Å²) in [5.41, 5.74) is 4.86. The average molecular weight is 476 g/mol. The summed E-state index contributed by atoms with van der Waals surface area (Å²) in [7, 11) is 1.65. The number of carbonyl (C=O) groups excluding carboxylic acids is 1. The smallest absolute Gasteiger partial charge is 0.234 e. The molecule has 1 aliphatic heterocycles. The number of methoxy groups -OCH3 is 1. The van der Waals surface area contributed by atoms with Crippen molar-refractivity contribution in [3.05, 3.63) is 101 Å². The highest BCUT2D eigenvalue weighted by atomic mass is 35.5. The van der Waals surface area contributed by atoms with E-state index in [1.165, 1.54) is 0 Å². The van der Waals surface area contributed by atoms with Gasteiger partial charge in [0.15, 0.2) is 0 Å². The highest BCUT2D eigenvalue weighted by molar-refractivity contribution is 8.00. The number of carbonyl (C=O) groups is 1. The summed E-state index contributed by atoms with van der Waals surface area (Å²) in [5.74, 6) is 1.35. The lowest BCUT2D eigenvalue weighted by Crippen LogP contribution is -2.27. The third-order valence-corrected chi connectivity index (χ3v) is 7.12. The molecule has 0 bridgehead atoms. The molecule has 1 unspecified atom stereocenters. The van der Waals surface area contributed by atoms with E-state index < -0.39 is 0 Å². The Bertz CT molecular complexity index is 1260. The van der Waals surface area contributed by atoms with Crippen molar-refractivity contribution in [1.29, 1.82) is 0 Å². The molecule has 1 amide bonds. The third-order valence-electron chi connectivity index (χ3n) is 5.63. The molecule has 0 aliphatic carbocycles. The van der Waals surface area contributed by atoms with Gasteiger partial charge in [0.05, 0.1) is 24.2 Å². The summed E-state index contributed by atoms with van der Waals surface area (Å²) in [6.07, 6.45) is 2.04. The molecule has 2 heterocycles. The van der Waals surface area contributed by atoms with Crippen molar-refractivity contribution >= 4 is 29.3 Å². The maximum Gasteiger partial charge on any atom is 0.234 e. The van der Waals surface area contributed by atoms with Crippen LogP contribution in [-0.2, 0) is 11.3 Å². The molecule has 1 saturated heterocycles. The van der Waals surface area contributed by atoms with Gasteiger partial charge >= 0.3 is 0 Å². The number of halogens is 1. The standard InChI is InChI=1S/C26H22ClN3O2S/c1-32-22-13-9-19(10-14-22)25-23(16-30(28-25)21-5-3-2-4-6-21)26-29(24(31)17-33-26)15-18-7-11-20(27)12-8-18/h2-14,16,26H,15,17H2,1H3. The lowest BCUT2D eigenvalue weighted by atomic mass is 10.1. The van der Waals surface area contributed by atoms with E-state index in [1.807, 2.05) is 94.6 Å². The van der Waals surface area contributed by atoms with Crippen LogP contribution in [0.4, 0.5) is 0 Å². The Morgan fingerprint density at radius 2 is 1.76 bits per heavy atom. The molecule has 5 rings (SSSR count). The SMILES string of the molecule is COc1ccc(-c2nn(-c3ccccc3)cc2C2SCC(=O)N2Cc2ccc(Cl)cc2)cc1. The first-order chi connectivity index (χ1) is 16.1. The fourth-order valence-electron chi connectivity index (χ4n) is 3.92. The van der Waals surface area contributed by atoms with Crippen molar-refractivity contribution in [3.63, 3.8) is 0 Å². The largest absolute Gasteiger partial charge is 0.497 e. The number of nitrogens with zero attached hydrogens (tertiary/aromatic N) is 3. The summed E-state index contributed by atoms with van der Waals surface area (Å²) in [5, 5.41) is 5.48. The molecule has 33 heavy (non-hydrogen) atoms. The molecule has 166 valence electrons. The van der Waals surface area contributed by atoms with Gasteiger partial charge in [-0.3, -0.25) is 4.79 Å². The van der Waals surface area contributed by atoms with E-state index in [2.05, 4.69) is 0 Å². The van der Waals surface area contributed by atoms with Crippen LogP contribution < -0.4 is 4.74 Å². The minimum Gasteiger partial charge on any atom is -0.497 e. The van der Waals surface area contributed by atoms with Gasteiger partial charge in [0.25, 0.3) is 0 Å². The van der Waals surface area contributed by atoms with Crippen LogP contribution in [0.2, 0.25) is 5.02 Å². The predicted molar refractivity (Wildman–Crippen MR) is 133 cm³/mol. The molecule has 0 N–H and O–H groups in total. The van der Waals surface area contributed by atoms with Crippen molar-refractivity contribution in [2.24, 2.45) is 0 Å². The summed E-state index contributed by atoms with van der Waals surface area (Å²) >= 11 is 7.68. The van der Waals surface area contributed by atoms with Crippen molar-refractivity contribution in [2.75, 3.05) is 12.9 Å². The minimum atomic E-state index is -0.136. The minimum absolute atomic E-state index is 0.119. The quantitative estimate of drug-likeness (QED) is 0.344. The second kappa shape index (κ2) is 9.33. The van der Waals surface area contributed by atoms with Crippen molar-refractivity contribution in [3.8, 4) is 22.7 Å². The van der Waals surface area contributed by atoms with Gasteiger partial charge in [-0.2, -0.15) is 5.10 Å². The maximum absolute atomic E-state index is 12.9. The molecule has 1 aliphatic rings. The van der Waals surface area contributed by atoms with Gasteiger partial charge in [-0.1, -0.05) is 41.9 Å². The van der Waals surface area contributed by atoms with Crippen LogP contribution in [0, 0.1) is 0 Å². The Labute approximate surface area is 201 Å². The van der Waals surface area contributed by atoms with Gasteiger partial charge in [0, 0.05) is 28.9 Å². The number of rotatable bonds is 6. The van der Waals surface area contributed by atoms with Crippen LogP contribution in [-0.4, -0.2) is 33.5 Å². The zero-order chi connectivity index (χ0) is 22.8. The number of ether oxygens (including phenoxy) is 1. The Morgan fingerprint density at radius 1 is 1.03 bits per heavy atom. The van der Waals surface area contributed by atoms with Crippen LogP contribution in [0.3, 0.4) is 0 Å². The van der Waals surface area contributed by atoms with Gasteiger partial charge in [-0.25, -0.2) is 4.68 Å². The van der Waals surface area contributed by atoms with Crippen molar-refractivity contribution in [1.82, 2.24) is 14.7 Å². The van der Waals surface area contributed by atoms with Crippen molar-refractivity contribution in [2.45, 2.75) is 11.9 Å². The molecule has 1 aromatic heterocycles. The van der Waals surface area contributed by atoms with E-state index >= 15 is 0 Å². The van der Waals surface area contributed by atoms with E-state index in [0.717, 1.165) is 33.8 Å². The molecule has 0 radical (unpaired) electrons. The number of para-hydroxylation sites is 1. The number of benzene rings is 3. The number of aromatic nitrogens is 2. The lowest BCUT2D eigenvalue weighted by molar-refractivity contribution is -0.128. The normalized spacial score (nSPS) is 15.8. The van der Waals surface area contributed by atoms with Crippen LogP contribution in [0.15, 0.2) is 85.1 Å². The molecular weight excluding hydrogens is 454 g/mol. The molecule has 1 fully saturated rings. The summed E-state index contributed by atoms with van der Waals surface area (Å²) in [6, 6.07) is 25.5. The Hall–Kier alpha value is -3.22. The number of thioether (sulfide) groups is 1. The molecule has 4 aromatic rings. The molecule has 0 spiro atoms. The third kappa shape index (κ3) is 4.49. The maximum atomic E-state index is 12.9. The van der Waals surface area contributed by atoms with Gasteiger partial charge in [0.2, 0.25) is 5.91 Å². The Morgan fingerprint density at radius 3 is 2.45 bits per heavy atom. The van der Waals surface area contributed by atoms with Gasteiger partial charge in [0.1, 0.15) is 11.1 Å². The lowest BCUT2D eigenvalue weighted by Gasteiger charge is -2.24. The molecular formula is C26H22ClN3O2S. The Balaban J connectivity index is 1.56. The van der Waals surface area contributed by atoms with E-state index in [1.54, 1.807) is 18.9 Å². The summed E-state index contributed by atoms with van der Waals surface area (Å²) < 4.78 is 7.21. The van der Waals surface area contributed by atoms with Crippen LogP contribution in [0.25, 0.3) is 16.9 Å². The number of amides is 1. The van der Waals surface area contributed by atoms with Crippen LogP contribution in [0.5, 0.6) is 5.75 Å². The summed E-state index contributed by atoms with van der Waals surface area (Å²) in [4.78, 5) is 14.8. The second-order valence-corrected chi connectivity index (χ2v) is 9.26. The van der Waals surface area contributed by atoms with E-state index in [0.29, 0.717) is 17.3 Å². The highest BCUT2D eigenvalue weighted by Gasteiger charge is 2.36. The molecule has 1 atom stereocenters. The molecule has 0 saturated carbocycles. The monoisotopic (exact) mass is 475 g/mol. The van der Waals surface area contributed by atoms with E-state index in [-0.39, 0.29) is 11.3 Å². The number of hydrogen-bond acceptors (Lipinski definition) is 4. The zero-order valence-electron chi connectivity index (χ0n) is 18.0. The predicted octanol–water partition coefficient (Wildman–Crippen LogP) is 5.98. The van der Waals surface area contributed by atoms with E-state index in [4.69, 9.17) is 21.4 Å². The van der Waals surface area contributed by atoms with Crippen LogP contribution in [0.1, 0.15) is 16.5 Å². The van der Waals surface area contributed by atoms with Gasteiger partial charge < -0.3 is 9.64 Å². The fraction of sp³-hybridized carbons (Fsp3) is 0.154. The fourth-order valence-corrected chi connectivity index (χ4v) is 5.24. The molecule has 5 nitrogen and oxygen atoms in total. The van der Waals surface area contributed by atoms with E-state index in [9.17, 15) is 4.79 Å². The van der Waals surface area contributed by atoms with Crippen molar-refractivity contribution < 1.29 is 9.53 Å². The first-order valence-electron chi connectivity index (χ1n) is 10.6. The average Bonchev–Trinajstić information content (AvgIpc) is 3.45. The zero-order valence-corrected chi connectivity index (χ0v) is 19.6. The summed E-state index contributed by atoms with van der Waals surface area (Å²) in [6.45, 7) is 0.520. The highest BCUT2D eigenvalue weighted by Crippen LogP contribution is 2.43. The van der Waals surface area contributed by atoms with Gasteiger partial charge in [-0.05, 0) is 54.1 Å². The molecule has 3 aromatic carbocycles. The first-order valence-corrected chi connectivity index (χ1v) is 12.0. The Kier molecular flexibility index (Phi) is 6.11. The van der Waals surface area contributed by atoms with Gasteiger partial charge in [-0.15, -0.1) is 11.8 Å².